The van der Waals surface area contributed by atoms with E-state index in [1.165, 1.54) is 4.31 Å². The molecule has 0 saturated carbocycles. The number of para-hydroxylation sites is 1. The minimum Gasteiger partial charge on any atom is -0.466 e. The van der Waals surface area contributed by atoms with Crippen molar-refractivity contribution in [3.63, 3.8) is 0 Å². The van der Waals surface area contributed by atoms with Gasteiger partial charge in [0.05, 0.1) is 36.6 Å². The van der Waals surface area contributed by atoms with Gasteiger partial charge in [-0.25, -0.2) is 8.42 Å². The Morgan fingerprint density at radius 2 is 1.65 bits per heavy atom. The van der Waals surface area contributed by atoms with E-state index in [4.69, 9.17) is 4.74 Å². The number of sulfonamides is 1. The fraction of sp³-hybridized carbons (Fsp3) is 0.391. The molecule has 166 valence electrons. The van der Waals surface area contributed by atoms with E-state index >= 15 is 0 Å². The van der Waals surface area contributed by atoms with Crippen LogP contribution in [0.1, 0.15) is 35.7 Å². The van der Waals surface area contributed by atoms with Crippen LogP contribution in [-0.2, 0) is 26.1 Å². The maximum Gasteiger partial charge on any atom is 0.309 e. The van der Waals surface area contributed by atoms with Crippen LogP contribution < -0.4 is 4.31 Å². The summed E-state index contributed by atoms with van der Waals surface area (Å²) in [6, 6.07) is 16.0. The Hall–Kier alpha value is -2.87. The van der Waals surface area contributed by atoms with Crippen LogP contribution in [-0.4, -0.2) is 51.1 Å². The Kier molecular flexibility index (Phi) is 7.33. The first kappa shape index (κ1) is 22.8. The Labute approximate surface area is 183 Å². The molecule has 0 N–H and O–H groups in total. The van der Waals surface area contributed by atoms with Gasteiger partial charge in [0, 0.05) is 13.1 Å². The average Bonchev–Trinajstić information content (AvgIpc) is 2.77. The molecule has 1 fully saturated rings. The van der Waals surface area contributed by atoms with Gasteiger partial charge in [0.15, 0.2) is 0 Å². The number of hydrogen-bond donors (Lipinski definition) is 0. The Morgan fingerprint density at radius 1 is 1.03 bits per heavy atom. The number of esters is 1. The van der Waals surface area contributed by atoms with E-state index in [0.717, 1.165) is 11.8 Å². The minimum atomic E-state index is -3.63. The fourth-order valence-corrected chi connectivity index (χ4v) is 4.65. The average molecular weight is 445 g/mol. The smallest absolute Gasteiger partial charge is 0.309 e. The number of rotatable bonds is 7. The third-order valence-electron chi connectivity index (χ3n) is 5.37. The summed E-state index contributed by atoms with van der Waals surface area (Å²) < 4.78 is 31.6. The van der Waals surface area contributed by atoms with Gasteiger partial charge < -0.3 is 9.64 Å². The monoisotopic (exact) mass is 444 g/mol. The lowest BCUT2D eigenvalue weighted by atomic mass is 9.96. The summed E-state index contributed by atoms with van der Waals surface area (Å²) in [5.74, 6) is -0.662. The number of likely N-dealkylation sites (tertiary alicyclic amines) is 1. The molecule has 2 aromatic carbocycles. The van der Waals surface area contributed by atoms with Crippen molar-refractivity contribution in [3.8, 4) is 0 Å². The second kappa shape index (κ2) is 9.96. The molecule has 0 unspecified atom stereocenters. The van der Waals surface area contributed by atoms with Gasteiger partial charge in [-0.3, -0.25) is 13.9 Å². The highest BCUT2D eigenvalue weighted by Crippen LogP contribution is 2.28. The zero-order valence-electron chi connectivity index (χ0n) is 17.9. The Bertz CT molecular complexity index is 1020. The standard InChI is InChI=1S/C23H28N2O5S/c1-3-30-23(27)19-13-15-24(16-14-19)22(26)20-11-7-8-12-21(20)25(31(2,28)29)17-18-9-5-4-6-10-18/h4-12,19H,3,13-17H2,1-2H3. The molecule has 7 nitrogen and oxygen atoms in total. The Balaban J connectivity index is 1.83. The number of amides is 1. The summed E-state index contributed by atoms with van der Waals surface area (Å²) in [7, 11) is -3.63. The number of anilines is 1. The Morgan fingerprint density at radius 3 is 2.26 bits per heavy atom. The highest BCUT2D eigenvalue weighted by atomic mass is 32.2. The lowest BCUT2D eigenvalue weighted by molar-refractivity contribution is -0.149. The molecule has 31 heavy (non-hydrogen) atoms. The largest absolute Gasteiger partial charge is 0.466 e. The summed E-state index contributed by atoms with van der Waals surface area (Å²) in [6.45, 7) is 3.10. The van der Waals surface area contributed by atoms with E-state index < -0.39 is 10.0 Å². The predicted molar refractivity (Wildman–Crippen MR) is 119 cm³/mol. The fourth-order valence-electron chi connectivity index (χ4n) is 3.75. The van der Waals surface area contributed by atoms with Crippen LogP contribution in [0.2, 0.25) is 0 Å². The molecular weight excluding hydrogens is 416 g/mol. The number of carbonyl (C=O) groups is 2. The molecule has 0 atom stereocenters. The first-order valence-corrected chi connectivity index (χ1v) is 12.2. The van der Waals surface area contributed by atoms with Crippen molar-refractivity contribution in [1.29, 1.82) is 0 Å². The van der Waals surface area contributed by atoms with Crippen LogP contribution in [0.25, 0.3) is 0 Å². The quantitative estimate of drug-likeness (QED) is 0.613. The van der Waals surface area contributed by atoms with E-state index in [1.807, 2.05) is 30.3 Å². The summed E-state index contributed by atoms with van der Waals surface area (Å²) in [6.07, 6.45) is 2.21. The minimum absolute atomic E-state index is 0.134. The molecule has 1 saturated heterocycles. The molecule has 0 spiro atoms. The molecule has 1 amide bonds. The van der Waals surface area contributed by atoms with E-state index in [-0.39, 0.29) is 24.3 Å². The maximum atomic E-state index is 13.3. The predicted octanol–water partition coefficient (Wildman–Crippen LogP) is 3.07. The zero-order valence-corrected chi connectivity index (χ0v) is 18.7. The van der Waals surface area contributed by atoms with Crippen molar-refractivity contribution in [2.45, 2.75) is 26.3 Å². The summed E-state index contributed by atoms with van der Waals surface area (Å²) in [5, 5.41) is 0. The third kappa shape index (κ3) is 5.64. The van der Waals surface area contributed by atoms with Crippen molar-refractivity contribution >= 4 is 27.6 Å². The van der Waals surface area contributed by atoms with Gasteiger partial charge in [-0.15, -0.1) is 0 Å². The lowest BCUT2D eigenvalue weighted by Crippen LogP contribution is -2.41. The van der Waals surface area contributed by atoms with Crippen molar-refractivity contribution < 1.29 is 22.7 Å². The van der Waals surface area contributed by atoms with Crippen molar-refractivity contribution in [3.05, 3.63) is 65.7 Å². The molecule has 2 aromatic rings. The number of hydrogen-bond acceptors (Lipinski definition) is 5. The highest BCUT2D eigenvalue weighted by molar-refractivity contribution is 7.92. The van der Waals surface area contributed by atoms with Crippen LogP contribution in [0.15, 0.2) is 54.6 Å². The second-order valence-electron chi connectivity index (χ2n) is 7.59. The summed E-state index contributed by atoms with van der Waals surface area (Å²) in [5.41, 5.74) is 1.51. The van der Waals surface area contributed by atoms with Crippen molar-refractivity contribution in [2.75, 3.05) is 30.3 Å². The highest BCUT2D eigenvalue weighted by Gasteiger charge is 2.31. The van der Waals surface area contributed by atoms with Gasteiger partial charge in [0.1, 0.15) is 0 Å². The molecule has 0 radical (unpaired) electrons. The van der Waals surface area contributed by atoms with Crippen LogP contribution in [0.3, 0.4) is 0 Å². The van der Waals surface area contributed by atoms with Crippen molar-refractivity contribution in [2.24, 2.45) is 5.92 Å². The molecule has 8 heteroatoms. The van der Waals surface area contributed by atoms with Crippen molar-refractivity contribution in [1.82, 2.24) is 4.90 Å². The zero-order chi connectivity index (χ0) is 22.4. The first-order valence-electron chi connectivity index (χ1n) is 10.4. The van der Waals surface area contributed by atoms with Gasteiger partial charge in [0.25, 0.3) is 5.91 Å². The number of piperidine rings is 1. The molecule has 0 bridgehead atoms. The van der Waals surface area contributed by atoms with Crippen LogP contribution in [0.5, 0.6) is 0 Å². The lowest BCUT2D eigenvalue weighted by Gasteiger charge is -2.32. The summed E-state index contributed by atoms with van der Waals surface area (Å²) in [4.78, 5) is 26.9. The number of benzene rings is 2. The summed E-state index contributed by atoms with van der Waals surface area (Å²) >= 11 is 0. The molecule has 1 aliphatic heterocycles. The maximum absolute atomic E-state index is 13.3. The van der Waals surface area contributed by atoms with Crippen LogP contribution >= 0.6 is 0 Å². The van der Waals surface area contributed by atoms with Gasteiger partial charge in [-0.1, -0.05) is 42.5 Å². The van der Waals surface area contributed by atoms with Gasteiger partial charge in [-0.2, -0.15) is 0 Å². The molecule has 3 rings (SSSR count). The van der Waals surface area contributed by atoms with Crippen LogP contribution in [0, 0.1) is 5.92 Å². The third-order valence-corrected chi connectivity index (χ3v) is 6.50. The number of nitrogens with zero attached hydrogens (tertiary/aromatic N) is 2. The van der Waals surface area contributed by atoms with Gasteiger partial charge in [-0.05, 0) is 37.5 Å². The van der Waals surface area contributed by atoms with Gasteiger partial charge in [0.2, 0.25) is 10.0 Å². The molecule has 0 aliphatic carbocycles. The molecule has 0 aromatic heterocycles. The van der Waals surface area contributed by atoms with E-state index in [0.29, 0.717) is 43.8 Å². The first-order chi connectivity index (χ1) is 14.8. The second-order valence-corrected chi connectivity index (χ2v) is 9.50. The normalized spacial score (nSPS) is 14.8. The number of ether oxygens (including phenoxy) is 1. The topological polar surface area (TPSA) is 84.0 Å². The van der Waals surface area contributed by atoms with E-state index in [2.05, 4.69) is 0 Å². The molecular formula is C23H28N2O5S. The molecule has 1 aliphatic rings. The molecule has 1 heterocycles. The van der Waals surface area contributed by atoms with E-state index in [1.54, 1.807) is 36.1 Å². The SMILES string of the molecule is CCOC(=O)C1CCN(C(=O)c2ccccc2N(Cc2ccccc2)S(C)(=O)=O)CC1. The van der Waals surface area contributed by atoms with E-state index in [9.17, 15) is 18.0 Å². The van der Waals surface area contributed by atoms with Gasteiger partial charge >= 0.3 is 5.97 Å². The van der Waals surface area contributed by atoms with Crippen LogP contribution in [0.4, 0.5) is 5.69 Å². The number of carbonyl (C=O) groups excluding carboxylic acids is 2.